The van der Waals surface area contributed by atoms with Gasteiger partial charge in [-0.1, -0.05) is 54.6 Å². The van der Waals surface area contributed by atoms with Crippen LogP contribution in [0.4, 0.5) is 17.1 Å². The Kier molecular flexibility index (Phi) is 5.07. The molecule has 0 saturated carbocycles. The van der Waals surface area contributed by atoms with Gasteiger partial charge in [0, 0.05) is 35.0 Å². The largest absolute Gasteiger partial charge is 0.378 e. The second-order valence-electron chi connectivity index (χ2n) is 9.11. The maximum absolute atomic E-state index is 12.7. The molecule has 4 aromatic rings. The third kappa shape index (κ3) is 3.73. The average Bonchev–Trinajstić information content (AvgIpc) is 3.38. The van der Waals surface area contributed by atoms with Gasteiger partial charge >= 0.3 is 0 Å². The number of fused-ring (bicyclic) bond motifs is 5. The summed E-state index contributed by atoms with van der Waals surface area (Å²) in [6.07, 6.45) is 5.61. The third-order valence-corrected chi connectivity index (χ3v) is 7.10. The van der Waals surface area contributed by atoms with Crippen molar-refractivity contribution in [2.45, 2.75) is 18.4 Å². The Morgan fingerprint density at radius 3 is 2.63 bits per heavy atom. The number of rotatable bonds is 4. The number of amides is 1. The van der Waals surface area contributed by atoms with Gasteiger partial charge in [0.25, 0.3) is 11.6 Å². The Balaban J connectivity index is 1.29. The molecule has 6 rings (SSSR count). The molecule has 1 heterocycles. The van der Waals surface area contributed by atoms with Crippen LogP contribution in [0.15, 0.2) is 97.1 Å². The van der Waals surface area contributed by atoms with Gasteiger partial charge in [-0.3, -0.25) is 14.9 Å². The number of hydrogen-bond donors (Lipinski definition) is 2. The van der Waals surface area contributed by atoms with Crippen molar-refractivity contribution in [1.29, 1.82) is 0 Å². The highest BCUT2D eigenvalue weighted by Gasteiger charge is 2.38. The van der Waals surface area contributed by atoms with Crippen LogP contribution < -0.4 is 10.6 Å². The number of benzene rings is 4. The van der Waals surface area contributed by atoms with Crippen molar-refractivity contribution in [3.8, 4) is 0 Å². The van der Waals surface area contributed by atoms with E-state index in [2.05, 4.69) is 65.3 Å². The number of allylic oxidation sites excluding steroid dienone is 2. The van der Waals surface area contributed by atoms with Crippen molar-refractivity contribution < 1.29 is 9.72 Å². The summed E-state index contributed by atoms with van der Waals surface area (Å²) < 4.78 is 0. The molecule has 4 aromatic carbocycles. The average molecular weight is 462 g/mol. The summed E-state index contributed by atoms with van der Waals surface area (Å²) in [6.45, 7) is 0. The molecule has 1 aliphatic carbocycles. The van der Waals surface area contributed by atoms with Crippen LogP contribution in [0.3, 0.4) is 0 Å². The molecular weight excluding hydrogens is 438 g/mol. The van der Waals surface area contributed by atoms with Crippen LogP contribution in [0.2, 0.25) is 0 Å². The summed E-state index contributed by atoms with van der Waals surface area (Å²) in [6, 6.07) is 26.5. The molecule has 6 heteroatoms. The summed E-state index contributed by atoms with van der Waals surface area (Å²) >= 11 is 0. The van der Waals surface area contributed by atoms with Crippen molar-refractivity contribution in [2.75, 3.05) is 10.6 Å². The number of carbonyl (C=O) groups excluding carboxylic acids is 1. The SMILES string of the molecule is O=C(Nc1cccc([C@@H]2Nc3ccc4ccccc4c3[C@H]3C=CC[C@@H]32)c1)c1ccc([N+](=O)[O-])cc1. The van der Waals surface area contributed by atoms with E-state index in [-0.39, 0.29) is 17.6 Å². The highest BCUT2D eigenvalue weighted by atomic mass is 16.6. The van der Waals surface area contributed by atoms with Crippen molar-refractivity contribution in [1.82, 2.24) is 0 Å². The van der Waals surface area contributed by atoms with Crippen LogP contribution in [-0.2, 0) is 0 Å². The van der Waals surface area contributed by atoms with Gasteiger partial charge in [-0.2, -0.15) is 0 Å². The monoisotopic (exact) mass is 461 g/mol. The standard InChI is InChI=1S/C29H23N3O3/c33-29(19-11-14-22(15-12-19)32(34)35)30-21-7-3-6-20(17-21)28-25-10-4-9-24(25)27-23-8-2-1-5-18(23)13-16-26(27)31-28/h1-9,11-17,24-25,28,31H,10H2,(H,30,33)/t24-,25-,28-/m0/s1. The van der Waals surface area contributed by atoms with Crippen LogP contribution in [0.5, 0.6) is 0 Å². The predicted molar refractivity (Wildman–Crippen MR) is 138 cm³/mol. The van der Waals surface area contributed by atoms with Gasteiger partial charge in [-0.05, 0) is 64.6 Å². The fraction of sp³-hybridized carbons (Fsp3) is 0.138. The number of nitrogens with zero attached hydrogens (tertiary/aromatic N) is 1. The van der Waals surface area contributed by atoms with E-state index in [1.807, 2.05) is 18.2 Å². The normalized spacial score (nSPS) is 20.1. The number of hydrogen-bond acceptors (Lipinski definition) is 4. The molecule has 0 unspecified atom stereocenters. The molecule has 35 heavy (non-hydrogen) atoms. The van der Waals surface area contributed by atoms with E-state index < -0.39 is 4.92 Å². The highest BCUT2D eigenvalue weighted by molar-refractivity contribution is 6.04. The van der Waals surface area contributed by atoms with Crippen molar-refractivity contribution >= 4 is 33.7 Å². The summed E-state index contributed by atoms with van der Waals surface area (Å²) in [7, 11) is 0. The molecular formula is C29H23N3O3. The Morgan fingerprint density at radius 1 is 0.971 bits per heavy atom. The van der Waals surface area contributed by atoms with Crippen molar-refractivity contribution in [3.05, 3.63) is 124 Å². The minimum atomic E-state index is -0.478. The van der Waals surface area contributed by atoms with Gasteiger partial charge in [-0.25, -0.2) is 0 Å². The lowest BCUT2D eigenvalue weighted by molar-refractivity contribution is -0.384. The maximum atomic E-state index is 12.7. The summed E-state index contributed by atoms with van der Waals surface area (Å²) in [4.78, 5) is 23.1. The number of nitrogens with one attached hydrogen (secondary N) is 2. The fourth-order valence-corrected chi connectivity index (χ4v) is 5.46. The van der Waals surface area contributed by atoms with Crippen LogP contribution >= 0.6 is 0 Å². The van der Waals surface area contributed by atoms with Crippen molar-refractivity contribution in [2.24, 2.45) is 5.92 Å². The second kappa shape index (κ2) is 8.40. The van der Waals surface area contributed by atoms with Gasteiger partial charge < -0.3 is 10.6 Å². The first-order chi connectivity index (χ1) is 17.1. The van der Waals surface area contributed by atoms with E-state index in [0.29, 0.717) is 23.1 Å². The first-order valence-electron chi connectivity index (χ1n) is 11.7. The molecule has 0 spiro atoms. The van der Waals surface area contributed by atoms with Gasteiger partial charge in [-0.15, -0.1) is 0 Å². The molecule has 6 nitrogen and oxygen atoms in total. The number of carbonyl (C=O) groups is 1. The van der Waals surface area contributed by atoms with E-state index in [4.69, 9.17) is 0 Å². The van der Waals surface area contributed by atoms with Crippen LogP contribution in [-0.4, -0.2) is 10.8 Å². The third-order valence-electron chi connectivity index (χ3n) is 7.10. The minimum absolute atomic E-state index is 0.0419. The van der Waals surface area contributed by atoms with E-state index in [1.54, 1.807) is 0 Å². The molecule has 0 radical (unpaired) electrons. The molecule has 0 bridgehead atoms. The zero-order chi connectivity index (χ0) is 23.9. The Morgan fingerprint density at radius 2 is 1.80 bits per heavy atom. The van der Waals surface area contributed by atoms with E-state index >= 15 is 0 Å². The quantitative estimate of drug-likeness (QED) is 0.198. The second-order valence-corrected chi connectivity index (χ2v) is 9.11. The molecule has 2 aliphatic rings. The Bertz CT molecular complexity index is 1490. The molecule has 0 aromatic heterocycles. The van der Waals surface area contributed by atoms with Crippen molar-refractivity contribution in [3.63, 3.8) is 0 Å². The number of nitro groups is 1. The Labute approximate surface area is 202 Å². The predicted octanol–water partition coefficient (Wildman–Crippen LogP) is 6.83. The topological polar surface area (TPSA) is 84.3 Å². The number of nitro benzene ring substituents is 1. The van der Waals surface area contributed by atoms with E-state index in [1.165, 1.54) is 40.6 Å². The summed E-state index contributed by atoms with van der Waals surface area (Å²) in [5.74, 6) is 0.417. The molecule has 3 atom stereocenters. The first kappa shape index (κ1) is 21.1. The highest BCUT2D eigenvalue weighted by Crippen LogP contribution is 2.51. The van der Waals surface area contributed by atoms with Gasteiger partial charge in [0.1, 0.15) is 0 Å². The van der Waals surface area contributed by atoms with Crippen LogP contribution in [0.1, 0.15) is 39.9 Å². The van der Waals surface area contributed by atoms with Gasteiger partial charge in [0.2, 0.25) is 0 Å². The lowest BCUT2D eigenvalue weighted by Crippen LogP contribution is -2.29. The maximum Gasteiger partial charge on any atom is 0.269 e. The molecule has 0 saturated heterocycles. The lowest BCUT2D eigenvalue weighted by atomic mass is 9.75. The van der Waals surface area contributed by atoms with Gasteiger partial charge in [0.15, 0.2) is 0 Å². The Hall–Kier alpha value is -4.45. The summed E-state index contributed by atoms with van der Waals surface area (Å²) in [5, 5.41) is 20.1. The smallest absolute Gasteiger partial charge is 0.269 e. The molecule has 172 valence electrons. The minimum Gasteiger partial charge on any atom is -0.378 e. The van der Waals surface area contributed by atoms with Crippen LogP contribution in [0.25, 0.3) is 10.8 Å². The molecule has 1 aliphatic heterocycles. The summed E-state index contributed by atoms with van der Waals surface area (Å²) in [5.41, 5.74) is 4.66. The number of anilines is 2. The zero-order valence-electron chi connectivity index (χ0n) is 18.8. The van der Waals surface area contributed by atoms with Crippen LogP contribution in [0, 0.1) is 16.0 Å². The lowest BCUT2D eigenvalue weighted by Gasteiger charge is -2.38. The molecule has 2 N–H and O–H groups in total. The number of non-ortho nitro benzene ring substituents is 1. The molecule has 1 amide bonds. The molecule has 0 fully saturated rings. The van der Waals surface area contributed by atoms with E-state index in [0.717, 1.165) is 17.7 Å². The fourth-order valence-electron chi connectivity index (χ4n) is 5.46. The van der Waals surface area contributed by atoms with E-state index in [9.17, 15) is 14.9 Å². The zero-order valence-corrected chi connectivity index (χ0v) is 18.8. The van der Waals surface area contributed by atoms with Gasteiger partial charge in [0.05, 0.1) is 11.0 Å². The first-order valence-corrected chi connectivity index (χ1v) is 11.7.